The molecular weight excluding hydrogens is 290 g/mol. The number of para-hydroxylation sites is 2. The van der Waals surface area contributed by atoms with E-state index in [9.17, 15) is 14.4 Å². The minimum atomic E-state index is -1.30. The zero-order valence-electron chi connectivity index (χ0n) is 11.4. The van der Waals surface area contributed by atoms with Gasteiger partial charge in [-0.15, -0.1) is 0 Å². The quantitative estimate of drug-likeness (QED) is 0.715. The van der Waals surface area contributed by atoms with Crippen molar-refractivity contribution in [1.82, 2.24) is 15.3 Å². The maximum Gasteiger partial charge on any atom is 0.326 e. The van der Waals surface area contributed by atoms with Crippen molar-refractivity contribution < 1.29 is 24.6 Å². The summed E-state index contributed by atoms with van der Waals surface area (Å²) in [6.07, 6.45) is 0.672. The number of nitrogens with zero attached hydrogens (tertiary/aromatic N) is 2. The van der Waals surface area contributed by atoms with Gasteiger partial charge in [0, 0.05) is 6.42 Å². The Morgan fingerprint density at radius 1 is 1.14 bits per heavy atom. The van der Waals surface area contributed by atoms with Gasteiger partial charge in [0.05, 0.1) is 17.2 Å². The lowest BCUT2D eigenvalue weighted by Gasteiger charge is -2.13. The summed E-state index contributed by atoms with van der Waals surface area (Å²) in [7, 11) is 0. The maximum absolute atomic E-state index is 12.0. The summed E-state index contributed by atoms with van der Waals surface area (Å²) in [5.74, 6) is -3.15. The van der Waals surface area contributed by atoms with Crippen LogP contribution in [-0.2, 0) is 9.59 Å². The number of carbonyl (C=O) groups excluding carboxylic acids is 1. The number of nitrogens with one attached hydrogen (secondary N) is 1. The van der Waals surface area contributed by atoms with E-state index in [1.807, 2.05) is 0 Å². The van der Waals surface area contributed by atoms with Crippen LogP contribution in [0, 0.1) is 0 Å². The molecule has 1 aromatic carbocycles. The molecule has 2 rings (SSSR count). The molecule has 1 heterocycles. The molecule has 0 unspecified atom stereocenters. The molecular formula is C14H13N3O5. The smallest absolute Gasteiger partial charge is 0.326 e. The Bertz CT molecular complexity index is 731. The molecule has 0 aliphatic carbocycles. The Morgan fingerprint density at radius 2 is 1.82 bits per heavy atom. The van der Waals surface area contributed by atoms with Gasteiger partial charge in [0.25, 0.3) is 5.91 Å². The SMILES string of the molecule is O=C(O)CC[C@@H](NC(=O)c1cnc2ccccc2n1)C(=O)O. The molecule has 114 valence electrons. The molecule has 0 fully saturated rings. The highest BCUT2D eigenvalue weighted by Crippen LogP contribution is 2.09. The van der Waals surface area contributed by atoms with Gasteiger partial charge in [-0.25, -0.2) is 9.78 Å². The second-order valence-electron chi connectivity index (χ2n) is 4.54. The van der Waals surface area contributed by atoms with E-state index in [1.165, 1.54) is 6.20 Å². The normalized spacial score (nSPS) is 11.8. The highest BCUT2D eigenvalue weighted by atomic mass is 16.4. The average molecular weight is 303 g/mol. The van der Waals surface area contributed by atoms with Crippen LogP contribution in [0.2, 0.25) is 0 Å². The maximum atomic E-state index is 12.0. The van der Waals surface area contributed by atoms with Crippen LogP contribution >= 0.6 is 0 Å². The van der Waals surface area contributed by atoms with Crippen molar-refractivity contribution in [3.05, 3.63) is 36.2 Å². The van der Waals surface area contributed by atoms with E-state index in [4.69, 9.17) is 10.2 Å². The molecule has 0 aliphatic rings. The van der Waals surface area contributed by atoms with Crippen LogP contribution in [0.15, 0.2) is 30.5 Å². The van der Waals surface area contributed by atoms with Gasteiger partial charge in [-0.05, 0) is 18.6 Å². The van der Waals surface area contributed by atoms with Crippen LogP contribution in [-0.4, -0.2) is 44.1 Å². The molecule has 8 heteroatoms. The van der Waals surface area contributed by atoms with E-state index >= 15 is 0 Å². The summed E-state index contributed by atoms with van der Waals surface area (Å²) in [5, 5.41) is 19.8. The van der Waals surface area contributed by atoms with Gasteiger partial charge in [-0.2, -0.15) is 0 Å². The van der Waals surface area contributed by atoms with E-state index in [0.717, 1.165) is 0 Å². The molecule has 0 radical (unpaired) electrons. The monoisotopic (exact) mass is 303 g/mol. The Kier molecular flexibility index (Phi) is 4.62. The number of fused-ring (bicyclic) bond motifs is 1. The van der Waals surface area contributed by atoms with Gasteiger partial charge >= 0.3 is 11.9 Å². The van der Waals surface area contributed by atoms with Crippen molar-refractivity contribution in [2.45, 2.75) is 18.9 Å². The molecule has 1 atom stereocenters. The van der Waals surface area contributed by atoms with Crippen LogP contribution in [0.4, 0.5) is 0 Å². The summed E-state index contributed by atoms with van der Waals surface area (Å²) < 4.78 is 0. The lowest BCUT2D eigenvalue weighted by molar-refractivity contribution is -0.140. The Hall–Kier alpha value is -3.03. The molecule has 22 heavy (non-hydrogen) atoms. The molecule has 3 N–H and O–H groups in total. The number of aliphatic carboxylic acids is 2. The number of carboxylic acids is 2. The standard InChI is InChI=1S/C14H13N3O5/c18-12(19)6-5-10(14(21)22)17-13(20)11-7-15-8-3-1-2-4-9(8)16-11/h1-4,7,10H,5-6H2,(H,17,20)(H,18,19)(H,21,22)/t10-/m1/s1. The van der Waals surface area contributed by atoms with Gasteiger partial charge in [-0.3, -0.25) is 14.6 Å². The van der Waals surface area contributed by atoms with Crippen molar-refractivity contribution in [2.24, 2.45) is 0 Å². The number of hydrogen-bond donors (Lipinski definition) is 3. The van der Waals surface area contributed by atoms with Crippen LogP contribution in [0.3, 0.4) is 0 Å². The number of benzene rings is 1. The predicted octanol–water partition coefficient (Wildman–Crippen LogP) is 0.678. The van der Waals surface area contributed by atoms with Crippen molar-refractivity contribution in [1.29, 1.82) is 0 Å². The third-order valence-corrected chi connectivity index (χ3v) is 2.93. The Labute approximate surface area is 124 Å². The fourth-order valence-corrected chi connectivity index (χ4v) is 1.82. The summed E-state index contributed by atoms with van der Waals surface area (Å²) >= 11 is 0. The summed E-state index contributed by atoms with van der Waals surface area (Å²) in [4.78, 5) is 41.7. The Morgan fingerprint density at radius 3 is 2.45 bits per heavy atom. The fourth-order valence-electron chi connectivity index (χ4n) is 1.82. The van der Waals surface area contributed by atoms with E-state index < -0.39 is 23.9 Å². The summed E-state index contributed by atoms with van der Waals surface area (Å²) in [6, 6.07) is 5.64. The second-order valence-corrected chi connectivity index (χ2v) is 4.54. The van der Waals surface area contributed by atoms with Crippen molar-refractivity contribution in [2.75, 3.05) is 0 Å². The molecule has 0 saturated carbocycles. The van der Waals surface area contributed by atoms with Gasteiger partial charge < -0.3 is 15.5 Å². The molecule has 0 saturated heterocycles. The zero-order chi connectivity index (χ0) is 16.1. The second kappa shape index (κ2) is 6.61. The van der Waals surface area contributed by atoms with Crippen molar-refractivity contribution in [3.8, 4) is 0 Å². The number of carbonyl (C=O) groups is 3. The number of aromatic nitrogens is 2. The van der Waals surface area contributed by atoms with Gasteiger partial charge in [0.15, 0.2) is 0 Å². The summed E-state index contributed by atoms with van der Waals surface area (Å²) in [6.45, 7) is 0. The lowest BCUT2D eigenvalue weighted by Crippen LogP contribution is -2.41. The highest BCUT2D eigenvalue weighted by molar-refractivity contribution is 5.96. The molecule has 2 aromatic rings. The predicted molar refractivity (Wildman–Crippen MR) is 75.3 cm³/mol. The van der Waals surface area contributed by atoms with Crippen molar-refractivity contribution in [3.63, 3.8) is 0 Å². The largest absolute Gasteiger partial charge is 0.481 e. The number of carboxylic acid groups (broad SMARTS) is 2. The first-order valence-corrected chi connectivity index (χ1v) is 6.44. The average Bonchev–Trinajstić information content (AvgIpc) is 2.50. The van der Waals surface area contributed by atoms with E-state index in [-0.39, 0.29) is 18.5 Å². The molecule has 0 aliphatic heterocycles. The molecule has 0 spiro atoms. The Balaban J connectivity index is 2.14. The van der Waals surface area contributed by atoms with E-state index in [1.54, 1.807) is 24.3 Å². The molecule has 0 bridgehead atoms. The van der Waals surface area contributed by atoms with Crippen LogP contribution < -0.4 is 5.32 Å². The topological polar surface area (TPSA) is 129 Å². The first kappa shape index (κ1) is 15.4. The first-order chi connectivity index (χ1) is 10.5. The number of amides is 1. The minimum Gasteiger partial charge on any atom is -0.481 e. The van der Waals surface area contributed by atoms with Crippen LogP contribution in [0.5, 0.6) is 0 Å². The van der Waals surface area contributed by atoms with Crippen LogP contribution in [0.25, 0.3) is 11.0 Å². The third-order valence-electron chi connectivity index (χ3n) is 2.93. The number of hydrogen-bond acceptors (Lipinski definition) is 5. The fraction of sp³-hybridized carbons (Fsp3) is 0.214. The van der Waals surface area contributed by atoms with Gasteiger partial charge in [-0.1, -0.05) is 12.1 Å². The highest BCUT2D eigenvalue weighted by Gasteiger charge is 2.22. The van der Waals surface area contributed by atoms with Crippen LogP contribution in [0.1, 0.15) is 23.3 Å². The first-order valence-electron chi connectivity index (χ1n) is 6.44. The molecule has 8 nitrogen and oxygen atoms in total. The minimum absolute atomic E-state index is 0.0275. The van der Waals surface area contributed by atoms with E-state index in [2.05, 4.69) is 15.3 Å². The molecule has 1 aromatic heterocycles. The van der Waals surface area contributed by atoms with E-state index in [0.29, 0.717) is 11.0 Å². The number of rotatable bonds is 6. The van der Waals surface area contributed by atoms with Gasteiger partial charge in [0.1, 0.15) is 11.7 Å². The molecule has 1 amide bonds. The third kappa shape index (κ3) is 3.75. The lowest BCUT2D eigenvalue weighted by atomic mass is 10.1. The summed E-state index contributed by atoms with van der Waals surface area (Å²) in [5.41, 5.74) is 1.09. The van der Waals surface area contributed by atoms with Gasteiger partial charge in [0.2, 0.25) is 0 Å². The van der Waals surface area contributed by atoms with Crippen molar-refractivity contribution >= 4 is 28.9 Å². The zero-order valence-corrected chi connectivity index (χ0v) is 11.4.